The number of benzene rings is 1. The molecule has 0 aromatic heterocycles. The van der Waals surface area contributed by atoms with Crippen LogP contribution in [-0.4, -0.2) is 39.1 Å². The molecule has 4 heteroatoms. The van der Waals surface area contributed by atoms with Crippen LogP contribution in [-0.2, 0) is 4.79 Å². The van der Waals surface area contributed by atoms with Gasteiger partial charge in [-0.1, -0.05) is 24.3 Å². The minimum atomic E-state index is 0.0317. The first-order valence-electron chi connectivity index (χ1n) is 6.58. The third-order valence-electron chi connectivity index (χ3n) is 2.76. The van der Waals surface area contributed by atoms with Crippen LogP contribution in [0.5, 0.6) is 0 Å². The Balaban J connectivity index is 2.10. The molecule has 0 aliphatic rings. The molecule has 0 aliphatic heterocycles. The average Bonchev–Trinajstić information content (AvgIpc) is 2.44. The number of carbonyl (C=O) groups excluding carboxylic acids is 1. The van der Waals surface area contributed by atoms with Crippen LogP contribution in [0, 0.1) is 0 Å². The predicted molar refractivity (Wildman–Crippen MR) is 80.4 cm³/mol. The number of hydrogen-bond donors (Lipinski definition) is 2. The molecule has 104 valence electrons. The summed E-state index contributed by atoms with van der Waals surface area (Å²) in [5.74, 6) is 0.0317. The Bertz CT molecular complexity index is 378. The summed E-state index contributed by atoms with van der Waals surface area (Å²) in [5.41, 5.74) is 1.20. The van der Waals surface area contributed by atoms with E-state index in [1.807, 2.05) is 18.2 Å². The van der Waals surface area contributed by atoms with Crippen molar-refractivity contribution >= 4 is 11.6 Å². The zero-order valence-electron chi connectivity index (χ0n) is 11.6. The van der Waals surface area contributed by atoms with Crippen molar-refractivity contribution in [1.29, 1.82) is 0 Å². The maximum atomic E-state index is 11.4. The third-order valence-corrected chi connectivity index (χ3v) is 2.76. The minimum Gasteiger partial charge on any atom is -0.375 e. The highest BCUT2D eigenvalue weighted by Gasteiger charge is 2.01. The molecule has 0 atom stereocenters. The Morgan fingerprint density at radius 1 is 1.37 bits per heavy atom. The van der Waals surface area contributed by atoms with Gasteiger partial charge in [0.25, 0.3) is 0 Å². The van der Waals surface area contributed by atoms with Crippen LogP contribution >= 0.6 is 0 Å². The summed E-state index contributed by atoms with van der Waals surface area (Å²) >= 11 is 0. The lowest BCUT2D eigenvalue weighted by Gasteiger charge is -2.19. The van der Waals surface area contributed by atoms with E-state index in [0.717, 1.165) is 13.0 Å². The van der Waals surface area contributed by atoms with Crippen LogP contribution in [0.3, 0.4) is 0 Å². The molecule has 1 amide bonds. The molecule has 0 unspecified atom stereocenters. The summed E-state index contributed by atoms with van der Waals surface area (Å²) in [5, 5.41) is 5.86. The predicted octanol–water partition coefficient (Wildman–Crippen LogP) is 1.40. The van der Waals surface area contributed by atoms with E-state index in [4.69, 9.17) is 0 Å². The number of para-hydroxylation sites is 1. The van der Waals surface area contributed by atoms with Gasteiger partial charge >= 0.3 is 0 Å². The number of anilines is 1. The van der Waals surface area contributed by atoms with E-state index in [1.54, 1.807) is 6.08 Å². The van der Waals surface area contributed by atoms with Crippen molar-refractivity contribution in [1.82, 2.24) is 10.6 Å². The van der Waals surface area contributed by atoms with Gasteiger partial charge in [-0.2, -0.15) is 0 Å². The summed E-state index contributed by atoms with van der Waals surface area (Å²) in [7, 11) is 2.06. The van der Waals surface area contributed by atoms with Crippen molar-refractivity contribution in [2.24, 2.45) is 0 Å². The fourth-order valence-corrected chi connectivity index (χ4v) is 1.71. The largest absolute Gasteiger partial charge is 0.375 e. The van der Waals surface area contributed by atoms with E-state index < -0.39 is 0 Å². The molecular weight excluding hydrogens is 238 g/mol. The van der Waals surface area contributed by atoms with Gasteiger partial charge in [0, 0.05) is 32.4 Å². The lowest BCUT2D eigenvalue weighted by molar-refractivity contribution is -0.120. The molecule has 0 aliphatic carbocycles. The zero-order chi connectivity index (χ0) is 13.9. The van der Waals surface area contributed by atoms with Crippen molar-refractivity contribution in [2.75, 3.05) is 38.1 Å². The molecule has 1 aromatic carbocycles. The van der Waals surface area contributed by atoms with Gasteiger partial charge in [0.2, 0.25) is 5.91 Å². The maximum Gasteiger partial charge on any atom is 0.233 e. The first-order chi connectivity index (χ1) is 9.24. The molecule has 0 heterocycles. The van der Waals surface area contributed by atoms with E-state index in [2.05, 4.69) is 41.3 Å². The monoisotopic (exact) mass is 261 g/mol. The Labute approximate surface area is 115 Å². The summed E-state index contributed by atoms with van der Waals surface area (Å²) in [6.07, 6.45) is 2.67. The standard InChI is InChI=1S/C15H23N3O/c1-3-10-16-13-15(19)17-11-7-12-18(2)14-8-5-4-6-9-14/h3-6,8-9,16H,1,7,10-13H2,2H3,(H,17,19). The summed E-state index contributed by atoms with van der Waals surface area (Å²) in [4.78, 5) is 13.6. The number of hydrogen-bond acceptors (Lipinski definition) is 3. The number of nitrogens with zero attached hydrogens (tertiary/aromatic N) is 1. The topological polar surface area (TPSA) is 44.4 Å². The number of rotatable bonds is 9. The van der Waals surface area contributed by atoms with Gasteiger partial charge in [0.05, 0.1) is 6.54 Å². The van der Waals surface area contributed by atoms with Gasteiger partial charge in [0.1, 0.15) is 0 Å². The van der Waals surface area contributed by atoms with Crippen LogP contribution in [0.15, 0.2) is 43.0 Å². The minimum absolute atomic E-state index is 0.0317. The Morgan fingerprint density at radius 3 is 2.79 bits per heavy atom. The molecule has 0 saturated carbocycles. The number of amides is 1. The molecule has 1 rings (SSSR count). The second-order valence-electron chi connectivity index (χ2n) is 4.38. The van der Waals surface area contributed by atoms with Gasteiger partial charge in [0.15, 0.2) is 0 Å². The Kier molecular flexibility index (Phi) is 7.35. The Morgan fingerprint density at radius 2 is 2.11 bits per heavy atom. The fraction of sp³-hybridized carbons (Fsp3) is 0.400. The smallest absolute Gasteiger partial charge is 0.233 e. The normalized spacial score (nSPS) is 9.95. The highest BCUT2D eigenvalue weighted by molar-refractivity contribution is 5.77. The van der Waals surface area contributed by atoms with Crippen molar-refractivity contribution in [3.05, 3.63) is 43.0 Å². The van der Waals surface area contributed by atoms with Crippen LogP contribution in [0.1, 0.15) is 6.42 Å². The van der Waals surface area contributed by atoms with Gasteiger partial charge < -0.3 is 15.5 Å². The van der Waals surface area contributed by atoms with Crippen LogP contribution in [0.25, 0.3) is 0 Å². The van der Waals surface area contributed by atoms with Crippen LogP contribution in [0.2, 0.25) is 0 Å². The van der Waals surface area contributed by atoms with E-state index >= 15 is 0 Å². The first kappa shape index (κ1) is 15.2. The molecule has 1 aromatic rings. The second-order valence-corrected chi connectivity index (χ2v) is 4.38. The highest BCUT2D eigenvalue weighted by Crippen LogP contribution is 2.10. The van der Waals surface area contributed by atoms with E-state index in [9.17, 15) is 4.79 Å². The summed E-state index contributed by atoms with van der Waals surface area (Å²) in [6, 6.07) is 10.2. The molecule has 19 heavy (non-hydrogen) atoms. The molecule has 0 bridgehead atoms. The van der Waals surface area contributed by atoms with E-state index in [0.29, 0.717) is 19.6 Å². The average molecular weight is 261 g/mol. The summed E-state index contributed by atoms with van der Waals surface area (Å²) < 4.78 is 0. The first-order valence-corrected chi connectivity index (χ1v) is 6.58. The third kappa shape index (κ3) is 6.62. The maximum absolute atomic E-state index is 11.4. The van der Waals surface area contributed by atoms with Gasteiger partial charge in [-0.05, 0) is 18.6 Å². The molecule has 2 N–H and O–H groups in total. The highest BCUT2D eigenvalue weighted by atomic mass is 16.1. The van der Waals surface area contributed by atoms with Gasteiger partial charge in [-0.3, -0.25) is 4.79 Å². The Hall–Kier alpha value is -1.81. The molecule has 4 nitrogen and oxygen atoms in total. The molecule has 0 radical (unpaired) electrons. The van der Waals surface area contributed by atoms with E-state index in [1.165, 1.54) is 5.69 Å². The molecular formula is C15H23N3O. The van der Waals surface area contributed by atoms with Crippen molar-refractivity contribution in [3.63, 3.8) is 0 Å². The van der Waals surface area contributed by atoms with Crippen molar-refractivity contribution in [3.8, 4) is 0 Å². The molecule has 0 fully saturated rings. The lowest BCUT2D eigenvalue weighted by atomic mass is 10.3. The quantitative estimate of drug-likeness (QED) is 0.522. The molecule has 0 spiro atoms. The zero-order valence-corrected chi connectivity index (χ0v) is 11.6. The summed E-state index contributed by atoms with van der Waals surface area (Å²) in [6.45, 7) is 6.21. The lowest BCUT2D eigenvalue weighted by Crippen LogP contribution is -2.35. The fourth-order valence-electron chi connectivity index (χ4n) is 1.71. The number of carbonyl (C=O) groups is 1. The van der Waals surface area contributed by atoms with Crippen molar-refractivity contribution in [2.45, 2.75) is 6.42 Å². The van der Waals surface area contributed by atoms with Crippen LogP contribution < -0.4 is 15.5 Å². The van der Waals surface area contributed by atoms with Gasteiger partial charge in [-0.25, -0.2) is 0 Å². The van der Waals surface area contributed by atoms with Crippen LogP contribution in [0.4, 0.5) is 5.69 Å². The van der Waals surface area contributed by atoms with Gasteiger partial charge in [-0.15, -0.1) is 6.58 Å². The van der Waals surface area contributed by atoms with Crippen molar-refractivity contribution < 1.29 is 4.79 Å². The number of nitrogens with one attached hydrogen (secondary N) is 2. The molecule has 0 saturated heterocycles. The van der Waals surface area contributed by atoms with E-state index in [-0.39, 0.29) is 5.91 Å². The second kappa shape index (κ2) is 9.16. The SMILES string of the molecule is C=CCNCC(=O)NCCCN(C)c1ccccc1.